The number of aliphatic carboxylic acids is 1. The molecule has 5 nitrogen and oxygen atoms in total. The molecule has 0 heterocycles. The molecule has 7 atom stereocenters. The molecule has 0 aromatic rings. The lowest BCUT2D eigenvalue weighted by Crippen LogP contribution is -2.54. The quantitative estimate of drug-likeness (QED) is 0.721. The van der Waals surface area contributed by atoms with Crippen LogP contribution in [0, 0.1) is 34.5 Å². The highest BCUT2D eigenvalue weighted by atomic mass is 16.5. The standard InChI is InChI=1S/C23H34O5/c1-22-11-9-15(24)13-14(22)3-4-16-17-5-6-19(23(17,2)12-10-18(16)22)28-21(27)8-7-20(25)26/h14,16-19H,3-13H2,1-2H3,(H,25,26)/t14?,16?,17?,18?,19-,22-,23-/m0/s1. The zero-order valence-electron chi connectivity index (χ0n) is 17.2. The number of ether oxygens (including phenoxy) is 1. The monoisotopic (exact) mass is 390 g/mol. The third-order valence-electron chi connectivity index (χ3n) is 9.21. The van der Waals surface area contributed by atoms with E-state index in [0.29, 0.717) is 34.9 Å². The van der Waals surface area contributed by atoms with Gasteiger partial charge in [0.2, 0.25) is 0 Å². The summed E-state index contributed by atoms with van der Waals surface area (Å²) in [5.74, 6) is 1.65. The van der Waals surface area contributed by atoms with E-state index >= 15 is 0 Å². The fraction of sp³-hybridized carbons (Fsp3) is 0.870. The molecule has 0 amide bonds. The molecule has 28 heavy (non-hydrogen) atoms. The second-order valence-electron chi connectivity index (χ2n) is 10.4. The summed E-state index contributed by atoms with van der Waals surface area (Å²) in [4.78, 5) is 34.9. The minimum atomic E-state index is -0.955. The zero-order chi connectivity index (χ0) is 20.1. The van der Waals surface area contributed by atoms with Gasteiger partial charge in [-0.1, -0.05) is 13.8 Å². The molecule has 156 valence electrons. The van der Waals surface area contributed by atoms with Gasteiger partial charge in [-0.25, -0.2) is 0 Å². The number of ketones is 1. The van der Waals surface area contributed by atoms with E-state index in [9.17, 15) is 14.4 Å². The van der Waals surface area contributed by atoms with Crippen LogP contribution in [0.3, 0.4) is 0 Å². The average molecular weight is 391 g/mol. The average Bonchev–Trinajstić information content (AvgIpc) is 2.97. The molecule has 4 unspecified atom stereocenters. The first kappa shape index (κ1) is 19.9. The van der Waals surface area contributed by atoms with Crippen molar-refractivity contribution >= 4 is 17.7 Å². The summed E-state index contributed by atoms with van der Waals surface area (Å²) in [5.41, 5.74) is 0.322. The van der Waals surface area contributed by atoms with E-state index in [1.807, 2.05) is 0 Å². The first-order valence-corrected chi connectivity index (χ1v) is 11.2. The SMILES string of the molecule is C[C@]12CCC(=O)CC1CCC1C2CC[C@@]2(C)C1CC[C@@H]2OC(=O)CCC(=O)O. The van der Waals surface area contributed by atoms with Crippen LogP contribution in [0.15, 0.2) is 0 Å². The molecular formula is C23H34O5. The Hall–Kier alpha value is -1.39. The Bertz CT molecular complexity index is 672. The van der Waals surface area contributed by atoms with Gasteiger partial charge in [-0.15, -0.1) is 0 Å². The molecule has 4 aliphatic carbocycles. The third kappa shape index (κ3) is 3.19. The molecular weight excluding hydrogens is 356 g/mol. The number of rotatable bonds is 4. The van der Waals surface area contributed by atoms with E-state index in [1.54, 1.807) is 0 Å². The Kier molecular flexibility index (Phi) is 5.08. The van der Waals surface area contributed by atoms with Crippen molar-refractivity contribution in [1.82, 2.24) is 0 Å². The fourth-order valence-corrected chi connectivity index (χ4v) is 7.62. The van der Waals surface area contributed by atoms with Crippen molar-refractivity contribution in [2.45, 2.75) is 90.6 Å². The molecule has 0 aliphatic heterocycles. The Morgan fingerprint density at radius 2 is 1.75 bits per heavy atom. The molecule has 1 N–H and O–H groups in total. The summed E-state index contributed by atoms with van der Waals surface area (Å²) >= 11 is 0. The summed E-state index contributed by atoms with van der Waals surface area (Å²) in [7, 11) is 0. The van der Waals surface area contributed by atoms with E-state index in [0.717, 1.165) is 38.5 Å². The van der Waals surface area contributed by atoms with E-state index in [-0.39, 0.29) is 30.3 Å². The van der Waals surface area contributed by atoms with Crippen LogP contribution in [-0.4, -0.2) is 28.9 Å². The van der Waals surface area contributed by atoms with E-state index in [4.69, 9.17) is 9.84 Å². The number of esters is 1. The second kappa shape index (κ2) is 7.14. The minimum absolute atomic E-state index is 0.0216. The predicted molar refractivity (Wildman–Crippen MR) is 103 cm³/mol. The summed E-state index contributed by atoms with van der Waals surface area (Å²) in [6.07, 6.45) is 8.95. The van der Waals surface area contributed by atoms with Gasteiger partial charge in [0.15, 0.2) is 0 Å². The molecule has 0 saturated heterocycles. The van der Waals surface area contributed by atoms with Crippen molar-refractivity contribution in [1.29, 1.82) is 0 Å². The number of Topliss-reactive ketones (excluding diaryl/α,β-unsaturated/α-hetero) is 1. The molecule has 4 rings (SSSR count). The van der Waals surface area contributed by atoms with Gasteiger partial charge in [0.25, 0.3) is 0 Å². The summed E-state index contributed by atoms with van der Waals surface area (Å²) in [6, 6.07) is 0. The van der Waals surface area contributed by atoms with Crippen molar-refractivity contribution in [2.75, 3.05) is 0 Å². The maximum absolute atomic E-state index is 12.2. The molecule has 0 spiro atoms. The lowest BCUT2D eigenvalue weighted by molar-refractivity contribution is -0.165. The summed E-state index contributed by atoms with van der Waals surface area (Å²) in [6.45, 7) is 4.75. The predicted octanol–water partition coefficient (Wildman–Crippen LogP) is 4.37. The molecule has 4 saturated carbocycles. The molecule has 0 bridgehead atoms. The van der Waals surface area contributed by atoms with Crippen LogP contribution in [0.5, 0.6) is 0 Å². The first-order valence-electron chi connectivity index (χ1n) is 11.2. The summed E-state index contributed by atoms with van der Waals surface area (Å²) < 4.78 is 5.81. The Balaban J connectivity index is 1.47. The normalized spacial score (nSPS) is 44.9. The molecule has 0 aromatic carbocycles. The lowest BCUT2D eigenvalue weighted by atomic mass is 9.45. The van der Waals surface area contributed by atoms with Crippen LogP contribution >= 0.6 is 0 Å². The maximum Gasteiger partial charge on any atom is 0.306 e. The molecule has 4 fully saturated rings. The van der Waals surface area contributed by atoms with Gasteiger partial charge >= 0.3 is 11.9 Å². The highest BCUT2D eigenvalue weighted by Crippen LogP contribution is 2.66. The number of hydrogen-bond acceptors (Lipinski definition) is 4. The minimum Gasteiger partial charge on any atom is -0.481 e. The fourth-order valence-electron chi connectivity index (χ4n) is 7.62. The molecule has 4 aliphatic rings. The Morgan fingerprint density at radius 1 is 1.00 bits per heavy atom. The van der Waals surface area contributed by atoms with Crippen molar-refractivity contribution in [3.63, 3.8) is 0 Å². The van der Waals surface area contributed by atoms with Gasteiger partial charge in [-0.05, 0) is 74.0 Å². The maximum atomic E-state index is 12.2. The number of carboxylic acids is 1. The molecule has 0 aromatic heterocycles. The van der Waals surface area contributed by atoms with Crippen LogP contribution in [0.25, 0.3) is 0 Å². The van der Waals surface area contributed by atoms with E-state index in [2.05, 4.69) is 13.8 Å². The van der Waals surface area contributed by atoms with Gasteiger partial charge in [0, 0.05) is 18.3 Å². The highest BCUT2D eigenvalue weighted by Gasteiger charge is 2.61. The molecule has 0 radical (unpaired) electrons. The van der Waals surface area contributed by atoms with Gasteiger partial charge < -0.3 is 9.84 Å². The van der Waals surface area contributed by atoms with Crippen LogP contribution in [0.2, 0.25) is 0 Å². The highest BCUT2D eigenvalue weighted by molar-refractivity contribution is 5.79. The zero-order valence-corrected chi connectivity index (χ0v) is 17.2. The van der Waals surface area contributed by atoms with E-state index in [1.165, 1.54) is 19.3 Å². The second-order valence-corrected chi connectivity index (χ2v) is 10.4. The van der Waals surface area contributed by atoms with Crippen molar-refractivity contribution in [2.24, 2.45) is 34.5 Å². The number of carboxylic acid groups (broad SMARTS) is 1. The summed E-state index contributed by atoms with van der Waals surface area (Å²) in [5, 5.41) is 8.80. The van der Waals surface area contributed by atoms with Crippen molar-refractivity contribution in [3.8, 4) is 0 Å². The number of fused-ring (bicyclic) bond motifs is 5. The van der Waals surface area contributed by atoms with Crippen molar-refractivity contribution in [3.05, 3.63) is 0 Å². The van der Waals surface area contributed by atoms with Crippen LogP contribution in [0.1, 0.15) is 84.5 Å². The topological polar surface area (TPSA) is 80.7 Å². The van der Waals surface area contributed by atoms with Gasteiger partial charge in [-0.2, -0.15) is 0 Å². The van der Waals surface area contributed by atoms with Crippen LogP contribution in [0.4, 0.5) is 0 Å². The Morgan fingerprint density at radius 3 is 2.50 bits per heavy atom. The Labute approximate surface area is 167 Å². The first-order chi connectivity index (χ1) is 13.2. The lowest BCUT2D eigenvalue weighted by Gasteiger charge is -2.60. The van der Waals surface area contributed by atoms with Crippen molar-refractivity contribution < 1.29 is 24.2 Å². The van der Waals surface area contributed by atoms with Gasteiger partial charge in [0.1, 0.15) is 11.9 Å². The van der Waals surface area contributed by atoms with E-state index < -0.39 is 5.97 Å². The smallest absolute Gasteiger partial charge is 0.306 e. The van der Waals surface area contributed by atoms with Crippen LogP contribution < -0.4 is 0 Å². The molecule has 5 heteroatoms. The van der Waals surface area contributed by atoms with Gasteiger partial charge in [-0.3, -0.25) is 14.4 Å². The number of carbonyl (C=O) groups excluding carboxylic acids is 2. The third-order valence-corrected chi connectivity index (χ3v) is 9.21. The number of carbonyl (C=O) groups is 3. The van der Waals surface area contributed by atoms with Crippen LogP contribution in [-0.2, 0) is 19.1 Å². The largest absolute Gasteiger partial charge is 0.481 e. The van der Waals surface area contributed by atoms with Gasteiger partial charge in [0.05, 0.1) is 12.8 Å². The number of hydrogen-bond donors (Lipinski definition) is 1.